The average Bonchev–Trinajstić information content (AvgIpc) is 3.02. The van der Waals surface area contributed by atoms with E-state index in [9.17, 15) is 0 Å². The maximum atomic E-state index is 5.48. The van der Waals surface area contributed by atoms with Gasteiger partial charge in [-0.1, -0.05) is 220 Å². The largest absolute Gasteiger partial charge is 0.330 e. The number of rotatable bonds is 34. The van der Waals surface area contributed by atoms with E-state index >= 15 is 0 Å². The van der Waals surface area contributed by atoms with Crippen LogP contribution < -0.4 is 17.2 Å². The first-order chi connectivity index (χ1) is 21.2. The van der Waals surface area contributed by atoms with E-state index in [1.807, 2.05) is 0 Å². The summed E-state index contributed by atoms with van der Waals surface area (Å²) in [6.45, 7) is 9.43. The number of hydrogen-bond donors (Lipinski definition) is 3. The van der Waals surface area contributed by atoms with E-state index in [0.717, 1.165) is 19.6 Å². The predicted molar refractivity (Wildman–Crippen MR) is 201 cm³/mol. The molecule has 0 radical (unpaired) electrons. The first-order valence-electron chi connectivity index (χ1n) is 20.3. The fraction of sp³-hybridized carbons (Fsp3) is 1.00. The molecule has 43 heavy (non-hydrogen) atoms. The van der Waals surface area contributed by atoms with Crippen molar-refractivity contribution in [3.63, 3.8) is 0 Å². The lowest BCUT2D eigenvalue weighted by atomic mass is 10.0. The molecule has 0 saturated heterocycles. The topological polar surface area (TPSA) is 78.1 Å². The first-order valence-corrected chi connectivity index (χ1v) is 20.3. The molecule has 0 saturated carbocycles. The Morgan fingerprint density at radius 2 is 0.302 bits per heavy atom. The second kappa shape index (κ2) is 51.5. The molecule has 3 heteroatoms. The summed E-state index contributed by atoms with van der Waals surface area (Å²) >= 11 is 0. The van der Waals surface area contributed by atoms with Crippen molar-refractivity contribution in [3.05, 3.63) is 0 Å². The van der Waals surface area contributed by atoms with E-state index in [4.69, 9.17) is 17.2 Å². The van der Waals surface area contributed by atoms with Gasteiger partial charge in [0.1, 0.15) is 0 Å². The smallest absolute Gasteiger partial charge is 0.00773 e. The minimum absolute atomic E-state index is 0.870. The molecule has 6 N–H and O–H groups in total. The standard InChI is InChI=1S/C18H39N.C12H27N.C10H23N/c1-2-3-4-5-6-7-8-9-10-11-12-13-14-15-16-17-18-19;1-2-3-4-5-6-7-8-9-10-11-12-13;1-2-3-4-5-6-7-8-9-10-11/h2-19H2,1H3;2-13H2,1H3;2-11H2,1H3. The monoisotopic (exact) mass is 612 g/mol. The van der Waals surface area contributed by atoms with Crippen LogP contribution >= 0.6 is 0 Å². The van der Waals surface area contributed by atoms with Crippen LogP contribution in [0.4, 0.5) is 0 Å². The Morgan fingerprint density at radius 3 is 0.419 bits per heavy atom. The van der Waals surface area contributed by atoms with E-state index in [-0.39, 0.29) is 0 Å². The van der Waals surface area contributed by atoms with Crippen LogP contribution in [0.3, 0.4) is 0 Å². The van der Waals surface area contributed by atoms with Crippen molar-refractivity contribution in [2.75, 3.05) is 19.6 Å². The fourth-order valence-electron chi connectivity index (χ4n) is 5.60. The molecule has 0 spiro atoms. The van der Waals surface area contributed by atoms with Gasteiger partial charge in [0, 0.05) is 0 Å². The van der Waals surface area contributed by atoms with E-state index in [1.165, 1.54) is 218 Å². The molecule has 0 rings (SSSR count). The molecule has 0 bridgehead atoms. The van der Waals surface area contributed by atoms with Gasteiger partial charge in [0.2, 0.25) is 0 Å². The summed E-state index contributed by atoms with van der Waals surface area (Å²) in [5.41, 5.74) is 16.3. The van der Waals surface area contributed by atoms with Crippen molar-refractivity contribution in [1.29, 1.82) is 0 Å². The zero-order valence-electron chi connectivity index (χ0n) is 30.9. The van der Waals surface area contributed by atoms with Gasteiger partial charge >= 0.3 is 0 Å². The summed E-state index contributed by atoms with van der Waals surface area (Å²) in [5.74, 6) is 0. The Labute approximate surface area is 275 Å². The second-order valence-electron chi connectivity index (χ2n) is 13.3. The molecule has 264 valence electrons. The third-order valence-corrected chi connectivity index (χ3v) is 8.67. The molecule has 0 aliphatic rings. The Hall–Kier alpha value is -0.120. The number of unbranched alkanes of at least 4 members (excludes halogenated alkanes) is 31. The average molecular weight is 612 g/mol. The van der Waals surface area contributed by atoms with Crippen LogP contribution in [0.5, 0.6) is 0 Å². The highest BCUT2D eigenvalue weighted by molar-refractivity contribution is 4.51. The summed E-state index contributed by atoms with van der Waals surface area (Å²) in [6.07, 6.45) is 47.8. The van der Waals surface area contributed by atoms with E-state index in [2.05, 4.69) is 20.8 Å². The summed E-state index contributed by atoms with van der Waals surface area (Å²) in [7, 11) is 0. The molecule has 0 atom stereocenters. The van der Waals surface area contributed by atoms with Crippen LogP contribution in [0, 0.1) is 0 Å². The molecule has 0 fully saturated rings. The van der Waals surface area contributed by atoms with Crippen LogP contribution in [0.1, 0.15) is 239 Å². The predicted octanol–water partition coefficient (Wildman–Crippen LogP) is 13.2. The van der Waals surface area contributed by atoms with Crippen LogP contribution in [-0.2, 0) is 0 Å². The summed E-state index contributed by atoms with van der Waals surface area (Å²) in [6, 6.07) is 0. The zero-order valence-corrected chi connectivity index (χ0v) is 30.9. The van der Waals surface area contributed by atoms with Crippen LogP contribution in [0.2, 0.25) is 0 Å². The molecule has 0 aromatic heterocycles. The lowest BCUT2D eigenvalue weighted by molar-refractivity contribution is 0.530. The Bertz CT molecular complexity index is 367. The molecule has 0 aliphatic carbocycles. The van der Waals surface area contributed by atoms with Crippen molar-refractivity contribution < 1.29 is 0 Å². The van der Waals surface area contributed by atoms with Crippen molar-refractivity contribution in [3.8, 4) is 0 Å². The molecule has 0 aliphatic heterocycles. The SMILES string of the molecule is CCCCCCCCCCCCCCCCCCN.CCCCCCCCCCCCN.CCCCCCCCCCN. The third kappa shape index (κ3) is 58.0. The summed E-state index contributed by atoms with van der Waals surface area (Å²) in [4.78, 5) is 0. The van der Waals surface area contributed by atoms with E-state index in [0.29, 0.717) is 0 Å². The van der Waals surface area contributed by atoms with Gasteiger partial charge in [-0.25, -0.2) is 0 Å². The van der Waals surface area contributed by atoms with Crippen LogP contribution in [-0.4, -0.2) is 19.6 Å². The Balaban J connectivity index is -0.000000585. The quantitative estimate of drug-likeness (QED) is 0.0633. The lowest BCUT2D eigenvalue weighted by Gasteiger charge is -2.03. The molecule has 0 unspecified atom stereocenters. The summed E-state index contributed by atoms with van der Waals surface area (Å²) in [5, 5.41) is 0. The van der Waals surface area contributed by atoms with Crippen molar-refractivity contribution >= 4 is 0 Å². The van der Waals surface area contributed by atoms with Gasteiger partial charge in [0.25, 0.3) is 0 Å². The summed E-state index contributed by atoms with van der Waals surface area (Å²) < 4.78 is 0. The maximum Gasteiger partial charge on any atom is -0.00773 e. The molecular formula is C40H89N3. The van der Waals surface area contributed by atoms with Crippen molar-refractivity contribution in [2.24, 2.45) is 17.2 Å². The molecule has 0 aromatic carbocycles. The minimum Gasteiger partial charge on any atom is -0.330 e. The maximum absolute atomic E-state index is 5.48. The molecule has 3 nitrogen and oxygen atoms in total. The number of hydrogen-bond acceptors (Lipinski definition) is 3. The van der Waals surface area contributed by atoms with Gasteiger partial charge in [0.15, 0.2) is 0 Å². The van der Waals surface area contributed by atoms with Gasteiger partial charge in [-0.3, -0.25) is 0 Å². The molecule has 0 amide bonds. The zero-order chi connectivity index (χ0) is 32.2. The second-order valence-corrected chi connectivity index (χ2v) is 13.3. The van der Waals surface area contributed by atoms with Gasteiger partial charge < -0.3 is 17.2 Å². The van der Waals surface area contributed by atoms with Crippen molar-refractivity contribution in [1.82, 2.24) is 0 Å². The van der Waals surface area contributed by atoms with Crippen LogP contribution in [0.25, 0.3) is 0 Å². The molecule has 0 heterocycles. The fourth-order valence-corrected chi connectivity index (χ4v) is 5.60. The Morgan fingerprint density at radius 1 is 0.186 bits per heavy atom. The van der Waals surface area contributed by atoms with Gasteiger partial charge in [-0.15, -0.1) is 0 Å². The molecule has 0 aromatic rings. The van der Waals surface area contributed by atoms with Gasteiger partial charge in [0.05, 0.1) is 0 Å². The minimum atomic E-state index is 0.870. The van der Waals surface area contributed by atoms with Gasteiger partial charge in [-0.05, 0) is 38.9 Å². The van der Waals surface area contributed by atoms with E-state index in [1.54, 1.807) is 0 Å². The highest BCUT2D eigenvalue weighted by Gasteiger charge is 1.94. The lowest BCUT2D eigenvalue weighted by Crippen LogP contribution is -1.97. The van der Waals surface area contributed by atoms with Gasteiger partial charge in [-0.2, -0.15) is 0 Å². The van der Waals surface area contributed by atoms with Crippen molar-refractivity contribution in [2.45, 2.75) is 239 Å². The molecular weight excluding hydrogens is 522 g/mol. The number of nitrogens with two attached hydrogens (primary N) is 3. The Kier molecular flexibility index (Phi) is 56.6. The van der Waals surface area contributed by atoms with Crippen LogP contribution in [0.15, 0.2) is 0 Å². The first kappa shape index (κ1) is 47.3. The van der Waals surface area contributed by atoms with E-state index < -0.39 is 0 Å². The highest BCUT2D eigenvalue weighted by atomic mass is 14.5. The third-order valence-electron chi connectivity index (χ3n) is 8.67. The normalized spacial score (nSPS) is 10.7. The highest BCUT2D eigenvalue weighted by Crippen LogP contribution is 2.14.